The summed E-state index contributed by atoms with van der Waals surface area (Å²) >= 11 is 0. The van der Waals surface area contributed by atoms with E-state index in [0.29, 0.717) is 23.5 Å². The summed E-state index contributed by atoms with van der Waals surface area (Å²) in [5.41, 5.74) is 0.470. The molecule has 1 heterocycles. The van der Waals surface area contributed by atoms with Crippen molar-refractivity contribution in [1.29, 1.82) is 0 Å². The first kappa shape index (κ1) is 17.5. The zero-order valence-electron chi connectivity index (χ0n) is 12.9. The number of imide groups is 1. The molecule has 0 saturated carbocycles. The van der Waals surface area contributed by atoms with Crippen molar-refractivity contribution in [2.24, 2.45) is 0 Å². The molecule has 0 radical (unpaired) electrons. The van der Waals surface area contributed by atoms with Crippen molar-refractivity contribution in [3.05, 3.63) is 35.9 Å². The summed E-state index contributed by atoms with van der Waals surface area (Å²) in [6.07, 6.45) is -0.121. The highest BCUT2D eigenvalue weighted by atomic mass is 16.8. The van der Waals surface area contributed by atoms with Crippen LogP contribution in [0.25, 0.3) is 0 Å². The first-order chi connectivity index (χ1) is 11.6. The lowest BCUT2D eigenvalue weighted by molar-refractivity contribution is -0.177. The largest absolute Gasteiger partial charge is 0.533 e. The predicted octanol–water partition coefficient (Wildman–Crippen LogP) is 1.84. The van der Waals surface area contributed by atoms with Gasteiger partial charge in [0.1, 0.15) is 0 Å². The molecule has 2 amide bonds. The normalized spacial score (nSPS) is 13.8. The fourth-order valence-electron chi connectivity index (χ4n) is 1.94. The minimum absolute atomic E-state index is 0.0257. The Labute approximate surface area is 138 Å². The lowest BCUT2D eigenvalue weighted by atomic mass is 10.2. The summed E-state index contributed by atoms with van der Waals surface area (Å²) in [5, 5.41) is 0.421. The van der Waals surface area contributed by atoms with E-state index < -0.39 is 23.9 Å². The number of hydrogen-bond donors (Lipinski definition) is 0. The summed E-state index contributed by atoms with van der Waals surface area (Å²) in [5.74, 6) is -1.54. The Kier molecular flexibility index (Phi) is 6.30. The highest BCUT2D eigenvalue weighted by Crippen LogP contribution is 2.12. The van der Waals surface area contributed by atoms with Gasteiger partial charge in [-0.3, -0.25) is 14.4 Å². The number of hydroxylamine groups is 2. The molecule has 8 nitrogen and oxygen atoms in total. The average molecular weight is 335 g/mol. The molecule has 1 aromatic carbocycles. The molecule has 128 valence electrons. The molecule has 1 aliphatic heterocycles. The minimum Gasteiger partial charge on any atom is -0.462 e. The Bertz CT molecular complexity index is 598. The number of ether oxygens (including phenoxy) is 2. The second-order valence-electron chi connectivity index (χ2n) is 4.98. The molecule has 1 aliphatic rings. The third kappa shape index (κ3) is 5.08. The van der Waals surface area contributed by atoms with Crippen molar-refractivity contribution in [1.82, 2.24) is 5.06 Å². The van der Waals surface area contributed by atoms with Gasteiger partial charge in [-0.1, -0.05) is 23.3 Å². The number of rotatable bonds is 7. The molecule has 0 unspecified atom stereocenters. The lowest BCUT2D eigenvalue weighted by Gasteiger charge is -2.12. The third-order valence-corrected chi connectivity index (χ3v) is 3.17. The van der Waals surface area contributed by atoms with Crippen LogP contribution < -0.4 is 0 Å². The van der Waals surface area contributed by atoms with Gasteiger partial charge in [0, 0.05) is 12.8 Å². The zero-order chi connectivity index (χ0) is 17.4. The fourth-order valence-corrected chi connectivity index (χ4v) is 1.94. The Morgan fingerprint density at radius 1 is 0.917 bits per heavy atom. The van der Waals surface area contributed by atoms with Gasteiger partial charge >= 0.3 is 12.1 Å². The van der Waals surface area contributed by atoms with Gasteiger partial charge in [0.25, 0.3) is 11.8 Å². The van der Waals surface area contributed by atoms with Gasteiger partial charge in [0.05, 0.1) is 18.8 Å². The summed E-state index contributed by atoms with van der Waals surface area (Å²) in [7, 11) is 0. The quantitative estimate of drug-likeness (QED) is 0.426. The standard InChI is InChI=1S/C16H17NO7/c18-13-8-9-14(19)17(13)24-16(21)23-11-5-4-10-22-15(20)12-6-2-1-3-7-12/h1-3,6-7H,4-5,8-11H2. The number of amides is 2. The van der Waals surface area contributed by atoms with Crippen molar-refractivity contribution < 1.29 is 33.5 Å². The maximum Gasteiger partial charge on any atom is 0.533 e. The van der Waals surface area contributed by atoms with Crippen LogP contribution in [-0.4, -0.2) is 42.2 Å². The number of benzene rings is 1. The van der Waals surface area contributed by atoms with E-state index in [1.54, 1.807) is 30.3 Å². The molecule has 0 aromatic heterocycles. The molecular formula is C16H17NO7. The van der Waals surface area contributed by atoms with E-state index in [-0.39, 0.29) is 26.1 Å². The number of unbranched alkanes of at least 4 members (excludes halogenated alkanes) is 1. The van der Waals surface area contributed by atoms with Crippen LogP contribution in [0.15, 0.2) is 30.3 Å². The van der Waals surface area contributed by atoms with Gasteiger partial charge in [-0.25, -0.2) is 9.59 Å². The topological polar surface area (TPSA) is 99.2 Å². The van der Waals surface area contributed by atoms with Gasteiger partial charge < -0.3 is 9.47 Å². The van der Waals surface area contributed by atoms with E-state index in [4.69, 9.17) is 9.47 Å². The third-order valence-electron chi connectivity index (χ3n) is 3.17. The number of carbonyl (C=O) groups excluding carboxylic acids is 4. The summed E-state index contributed by atoms with van der Waals surface area (Å²) < 4.78 is 9.81. The molecule has 1 fully saturated rings. The van der Waals surface area contributed by atoms with E-state index in [2.05, 4.69) is 4.84 Å². The number of esters is 1. The number of nitrogens with zero attached hydrogens (tertiary/aromatic N) is 1. The van der Waals surface area contributed by atoms with Crippen LogP contribution in [0.5, 0.6) is 0 Å². The molecule has 0 N–H and O–H groups in total. The van der Waals surface area contributed by atoms with Crippen LogP contribution in [0.3, 0.4) is 0 Å². The van der Waals surface area contributed by atoms with Crippen LogP contribution in [0.2, 0.25) is 0 Å². The van der Waals surface area contributed by atoms with Crippen molar-refractivity contribution in [2.45, 2.75) is 25.7 Å². The van der Waals surface area contributed by atoms with Crippen molar-refractivity contribution in [2.75, 3.05) is 13.2 Å². The molecule has 0 aliphatic carbocycles. The van der Waals surface area contributed by atoms with Crippen molar-refractivity contribution in [3.8, 4) is 0 Å². The number of hydrogen-bond acceptors (Lipinski definition) is 7. The average Bonchev–Trinajstić information content (AvgIpc) is 2.90. The van der Waals surface area contributed by atoms with Crippen LogP contribution >= 0.6 is 0 Å². The Balaban J connectivity index is 1.55. The Morgan fingerprint density at radius 2 is 1.50 bits per heavy atom. The highest BCUT2D eigenvalue weighted by Gasteiger charge is 2.33. The second kappa shape index (κ2) is 8.66. The Hall–Kier alpha value is -2.90. The molecule has 0 spiro atoms. The van der Waals surface area contributed by atoms with E-state index in [0.717, 1.165) is 0 Å². The smallest absolute Gasteiger partial charge is 0.462 e. The molecule has 1 saturated heterocycles. The number of carbonyl (C=O) groups is 4. The maximum absolute atomic E-state index is 11.6. The molecule has 1 aromatic rings. The molecule has 2 rings (SSSR count). The van der Waals surface area contributed by atoms with E-state index in [9.17, 15) is 19.2 Å². The van der Waals surface area contributed by atoms with E-state index >= 15 is 0 Å². The van der Waals surface area contributed by atoms with E-state index in [1.165, 1.54) is 0 Å². The highest BCUT2D eigenvalue weighted by molar-refractivity contribution is 6.01. The van der Waals surface area contributed by atoms with Gasteiger partial charge in [-0.15, -0.1) is 0 Å². The van der Waals surface area contributed by atoms with Crippen molar-refractivity contribution in [3.63, 3.8) is 0 Å². The molecule has 0 bridgehead atoms. The van der Waals surface area contributed by atoms with Crippen LogP contribution in [-0.2, 0) is 23.9 Å². The van der Waals surface area contributed by atoms with Gasteiger partial charge in [-0.05, 0) is 25.0 Å². The summed E-state index contributed by atoms with van der Waals surface area (Å²) in [6.45, 7) is 0.215. The SMILES string of the molecule is O=C(OCCCCOC(=O)c1ccccc1)ON1C(=O)CCC1=O. The monoisotopic (exact) mass is 335 g/mol. The fraction of sp³-hybridized carbons (Fsp3) is 0.375. The first-order valence-electron chi connectivity index (χ1n) is 7.50. The van der Waals surface area contributed by atoms with Crippen LogP contribution in [0, 0.1) is 0 Å². The maximum atomic E-state index is 11.6. The molecule has 0 atom stereocenters. The van der Waals surface area contributed by atoms with Crippen LogP contribution in [0.1, 0.15) is 36.0 Å². The molecular weight excluding hydrogens is 318 g/mol. The summed E-state index contributed by atoms with van der Waals surface area (Å²) in [4.78, 5) is 50.0. The summed E-state index contributed by atoms with van der Waals surface area (Å²) in [6, 6.07) is 8.60. The van der Waals surface area contributed by atoms with Crippen LogP contribution in [0.4, 0.5) is 4.79 Å². The van der Waals surface area contributed by atoms with E-state index in [1.807, 2.05) is 0 Å². The molecule has 24 heavy (non-hydrogen) atoms. The van der Waals surface area contributed by atoms with Crippen molar-refractivity contribution >= 4 is 23.9 Å². The Morgan fingerprint density at radius 3 is 2.12 bits per heavy atom. The van der Waals surface area contributed by atoms with Gasteiger partial charge in [-0.2, -0.15) is 0 Å². The first-order valence-corrected chi connectivity index (χ1v) is 7.50. The predicted molar refractivity (Wildman–Crippen MR) is 79.5 cm³/mol. The lowest BCUT2D eigenvalue weighted by Crippen LogP contribution is -2.32. The zero-order valence-corrected chi connectivity index (χ0v) is 12.9. The second-order valence-corrected chi connectivity index (χ2v) is 4.98. The van der Waals surface area contributed by atoms with Gasteiger partial charge in [0.15, 0.2) is 0 Å². The molecule has 8 heteroatoms. The van der Waals surface area contributed by atoms with Gasteiger partial charge in [0.2, 0.25) is 0 Å². The minimum atomic E-state index is -1.11.